The molecule has 2 aromatic carbocycles. The third-order valence-corrected chi connectivity index (χ3v) is 4.44. The molecule has 1 heterocycles. The lowest BCUT2D eigenvalue weighted by molar-refractivity contribution is 0.0525. The van der Waals surface area contributed by atoms with E-state index in [-0.39, 0.29) is 12.2 Å². The van der Waals surface area contributed by atoms with Gasteiger partial charge in [-0.1, -0.05) is 11.6 Å². The van der Waals surface area contributed by atoms with Gasteiger partial charge in [-0.25, -0.2) is 18.0 Å². The Kier molecular flexibility index (Phi) is 6.95. The van der Waals surface area contributed by atoms with Crippen LogP contribution in [0, 0.1) is 17.5 Å². The molecule has 0 aliphatic rings. The van der Waals surface area contributed by atoms with Crippen LogP contribution in [0.1, 0.15) is 34.0 Å². The zero-order valence-electron chi connectivity index (χ0n) is 15.9. The highest BCUT2D eigenvalue weighted by Crippen LogP contribution is 2.27. The molecule has 0 radical (unpaired) electrons. The second kappa shape index (κ2) is 9.63. The third kappa shape index (κ3) is 5.30. The summed E-state index contributed by atoms with van der Waals surface area (Å²) < 4.78 is 51.4. The fourth-order valence-electron chi connectivity index (χ4n) is 2.82. The van der Waals surface area contributed by atoms with Crippen molar-refractivity contribution in [2.45, 2.75) is 20.0 Å². The number of rotatable bonds is 7. The van der Waals surface area contributed by atoms with E-state index in [1.807, 2.05) is 0 Å². The Morgan fingerprint density at radius 2 is 1.80 bits per heavy atom. The van der Waals surface area contributed by atoms with Crippen LogP contribution in [-0.2, 0) is 17.8 Å². The van der Waals surface area contributed by atoms with Crippen molar-refractivity contribution in [3.8, 4) is 5.75 Å². The summed E-state index contributed by atoms with van der Waals surface area (Å²) in [4.78, 5) is 16.0. The van der Waals surface area contributed by atoms with Gasteiger partial charge in [-0.15, -0.1) is 0 Å². The van der Waals surface area contributed by atoms with Crippen LogP contribution in [0.5, 0.6) is 5.75 Å². The van der Waals surface area contributed by atoms with Gasteiger partial charge in [0, 0.05) is 41.5 Å². The van der Waals surface area contributed by atoms with E-state index in [4.69, 9.17) is 21.1 Å². The minimum Gasteiger partial charge on any atom is -0.488 e. The molecule has 0 aliphatic heterocycles. The summed E-state index contributed by atoms with van der Waals surface area (Å²) in [5, 5.41) is 0.436. The van der Waals surface area contributed by atoms with Gasteiger partial charge in [0.05, 0.1) is 17.7 Å². The highest BCUT2D eigenvalue weighted by Gasteiger charge is 2.15. The molecule has 3 rings (SSSR count). The van der Waals surface area contributed by atoms with Crippen molar-refractivity contribution in [3.63, 3.8) is 0 Å². The maximum atomic E-state index is 13.9. The lowest BCUT2D eigenvalue weighted by Crippen LogP contribution is -2.07. The Balaban J connectivity index is 1.83. The third-order valence-electron chi connectivity index (χ3n) is 4.20. The minimum atomic E-state index is -1.03. The summed E-state index contributed by atoms with van der Waals surface area (Å²) in [6, 6.07) is 7.61. The Bertz CT molecular complexity index is 1050. The summed E-state index contributed by atoms with van der Waals surface area (Å²) in [5.41, 5.74) is 1.22. The van der Waals surface area contributed by atoms with Crippen molar-refractivity contribution < 1.29 is 27.4 Å². The largest absolute Gasteiger partial charge is 0.488 e. The molecule has 156 valence electrons. The fourth-order valence-corrected chi connectivity index (χ4v) is 3.01. The van der Waals surface area contributed by atoms with E-state index in [2.05, 4.69) is 4.98 Å². The maximum absolute atomic E-state index is 13.9. The van der Waals surface area contributed by atoms with Crippen molar-refractivity contribution in [2.24, 2.45) is 0 Å². The van der Waals surface area contributed by atoms with Gasteiger partial charge in [-0.3, -0.25) is 4.98 Å². The number of aromatic nitrogens is 1. The van der Waals surface area contributed by atoms with Crippen LogP contribution >= 0.6 is 11.6 Å². The van der Waals surface area contributed by atoms with Gasteiger partial charge in [0.2, 0.25) is 0 Å². The van der Waals surface area contributed by atoms with Crippen LogP contribution in [0.15, 0.2) is 48.8 Å². The predicted octanol–water partition coefficient (Wildman–Crippen LogP) is 5.50. The van der Waals surface area contributed by atoms with E-state index in [1.54, 1.807) is 37.4 Å². The molecule has 0 N–H and O–H groups in total. The Morgan fingerprint density at radius 3 is 2.50 bits per heavy atom. The number of halogens is 4. The predicted molar refractivity (Wildman–Crippen MR) is 105 cm³/mol. The molecular weight excluding hydrogens is 419 g/mol. The molecule has 4 nitrogen and oxygen atoms in total. The zero-order valence-corrected chi connectivity index (χ0v) is 16.7. The Hall–Kier alpha value is -3.06. The second-order valence-corrected chi connectivity index (χ2v) is 6.80. The van der Waals surface area contributed by atoms with E-state index in [9.17, 15) is 18.0 Å². The number of pyridine rings is 1. The number of benzene rings is 2. The van der Waals surface area contributed by atoms with E-state index >= 15 is 0 Å². The van der Waals surface area contributed by atoms with Crippen molar-refractivity contribution in [3.05, 3.63) is 93.5 Å². The van der Waals surface area contributed by atoms with E-state index in [0.29, 0.717) is 46.0 Å². The number of esters is 1. The highest BCUT2D eigenvalue weighted by molar-refractivity contribution is 6.30. The summed E-state index contributed by atoms with van der Waals surface area (Å²) in [6.45, 7) is 1.51. The Morgan fingerprint density at radius 1 is 1.07 bits per heavy atom. The number of ether oxygens (including phenoxy) is 2. The highest BCUT2D eigenvalue weighted by atomic mass is 35.5. The average molecular weight is 436 g/mol. The van der Waals surface area contributed by atoms with Crippen molar-refractivity contribution in [1.29, 1.82) is 0 Å². The van der Waals surface area contributed by atoms with E-state index in [0.717, 1.165) is 0 Å². The molecule has 0 saturated carbocycles. The molecule has 0 bridgehead atoms. The molecule has 0 unspecified atom stereocenters. The fraction of sp³-hybridized carbons (Fsp3) is 0.182. The standard InChI is InChI=1S/C22H17ClF3NO3/c1-2-29-22(28)15-6-13(10-27-11-15)5-14-7-16(23)3-4-21(14)30-12-18-19(25)8-17(24)9-20(18)26/h3-4,6-11H,2,5,12H2,1H3. The normalized spacial score (nSPS) is 10.7. The molecule has 0 fully saturated rings. The van der Waals surface area contributed by atoms with E-state index < -0.39 is 30.0 Å². The van der Waals surface area contributed by atoms with Crippen LogP contribution in [0.2, 0.25) is 5.02 Å². The van der Waals surface area contributed by atoms with Gasteiger partial charge in [-0.05, 0) is 36.8 Å². The molecule has 0 amide bonds. The quantitative estimate of drug-likeness (QED) is 0.460. The van der Waals surface area contributed by atoms with Crippen LogP contribution in [0.25, 0.3) is 0 Å². The van der Waals surface area contributed by atoms with Crippen LogP contribution < -0.4 is 4.74 Å². The van der Waals surface area contributed by atoms with Gasteiger partial charge >= 0.3 is 5.97 Å². The molecule has 1 aromatic heterocycles. The number of nitrogens with zero attached hydrogens (tertiary/aromatic N) is 1. The van der Waals surface area contributed by atoms with Crippen molar-refractivity contribution in [2.75, 3.05) is 6.61 Å². The molecule has 8 heteroatoms. The minimum absolute atomic E-state index is 0.242. The first-order chi connectivity index (χ1) is 14.4. The first kappa shape index (κ1) is 21.6. The summed E-state index contributed by atoms with van der Waals surface area (Å²) >= 11 is 6.08. The maximum Gasteiger partial charge on any atom is 0.339 e. The lowest BCUT2D eigenvalue weighted by Gasteiger charge is -2.13. The number of hydrogen-bond acceptors (Lipinski definition) is 4. The number of hydrogen-bond donors (Lipinski definition) is 0. The zero-order chi connectivity index (χ0) is 21.7. The average Bonchev–Trinajstić information content (AvgIpc) is 2.69. The van der Waals surface area contributed by atoms with Gasteiger partial charge in [0.1, 0.15) is 29.8 Å². The molecule has 0 aliphatic carbocycles. The Labute approximate surface area is 176 Å². The smallest absolute Gasteiger partial charge is 0.339 e. The van der Waals surface area contributed by atoms with Gasteiger partial charge in [0.15, 0.2) is 0 Å². The van der Waals surface area contributed by atoms with Crippen molar-refractivity contribution in [1.82, 2.24) is 4.98 Å². The second-order valence-electron chi connectivity index (χ2n) is 6.37. The SMILES string of the molecule is CCOC(=O)c1cncc(Cc2cc(Cl)ccc2OCc2c(F)cc(F)cc2F)c1. The molecule has 3 aromatic rings. The van der Waals surface area contributed by atoms with E-state index in [1.165, 1.54) is 6.20 Å². The van der Waals surface area contributed by atoms with Crippen molar-refractivity contribution >= 4 is 17.6 Å². The molecular formula is C22H17ClF3NO3. The van der Waals surface area contributed by atoms with Crippen LogP contribution in [-0.4, -0.2) is 17.6 Å². The topological polar surface area (TPSA) is 48.4 Å². The number of carbonyl (C=O) groups excluding carboxylic acids is 1. The molecule has 0 atom stereocenters. The van der Waals surface area contributed by atoms with Crippen LogP contribution in [0.4, 0.5) is 13.2 Å². The first-order valence-corrected chi connectivity index (χ1v) is 9.41. The molecule has 0 spiro atoms. The van der Waals surface area contributed by atoms with Gasteiger partial charge in [0.25, 0.3) is 0 Å². The monoisotopic (exact) mass is 435 g/mol. The lowest BCUT2D eigenvalue weighted by atomic mass is 10.0. The summed E-state index contributed by atoms with van der Waals surface area (Å²) in [6.07, 6.45) is 3.27. The van der Waals surface area contributed by atoms with Crippen LogP contribution in [0.3, 0.4) is 0 Å². The molecule has 0 saturated heterocycles. The summed E-state index contributed by atoms with van der Waals surface area (Å²) in [7, 11) is 0. The van der Waals surface area contributed by atoms with Gasteiger partial charge in [-0.2, -0.15) is 0 Å². The number of carbonyl (C=O) groups is 1. The molecule has 30 heavy (non-hydrogen) atoms. The first-order valence-electron chi connectivity index (χ1n) is 9.03. The van der Waals surface area contributed by atoms with Gasteiger partial charge < -0.3 is 9.47 Å². The summed E-state index contributed by atoms with van der Waals surface area (Å²) in [5.74, 6) is -3.22.